The first-order valence-corrected chi connectivity index (χ1v) is 16.2. The van der Waals surface area contributed by atoms with Gasteiger partial charge in [0.05, 0.1) is 17.5 Å². The lowest BCUT2D eigenvalue weighted by Gasteiger charge is -2.38. The molecule has 0 spiro atoms. The van der Waals surface area contributed by atoms with Crippen molar-refractivity contribution in [1.29, 1.82) is 0 Å². The summed E-state index contributed by atoms with van der Waals surface area (Å²) in [7, 11) is -3.35. The van der Waals surface area contributed by atoms with Gasteiger partial charge in [0.2, 0.25) is 10.0 Å². The number of carbonyl (C=O) groups excluding carboxylic acids is 1. The Morgan fingerprint density at radius 1 is 1.00 bits per heavy atom. The lowest BCUT2D eigenvalue weighted by atomic mass is 10.0. The number of unbranched alkanes of at least 4 members (excludes halogenated alkanes) is 1. The largest absolute Gasteiger partial charge is 0.478 e. The number of halogens is 2. The number of likely N-dealkylation sites (tertiary alicyclic amines) is 1. The molecule has 236 valence electrons. The average molecular weight is 631 g/mol. The van der Waals surface area contributed by atoms with Crippen molar-refractivity contribution in [2.45, 2.75) is 45.2 Å². The second-order valence-electron chi connectivity index (χ2n) is 10.7. The summed E-state index contributed by atoms with van der Waals surface area (Å²) >= 11 is 0. The zero-order valence-corrected chi connectivity index (χ0v) is 25.4. The summed E-state index contributed by atoms with van der Waals surface area (Å²) in [5, 5.41) is 11.6. The topological polar surface area (TPSA) is 128 Å². The molecule has 0 unspecified atom stereocenters. The number of anilines is 2. The number of carboxylic acid groups (broad SMARTS) is 1. The molecule has 3 N–H and O–H groups in total. The number of hydrogen-bond acceptors (Lipinski definition) is 6. The number of benzene rings is 3. The molecule has 1 saturated heterocycles. The average Bonchev–Trinajstić information content (AvgIpc) is 2.96. The number of rotatable bonds is 12. The fourth-order valence-corrected chi connectivity index (χ4v) is 5.59. The minimum Gasteiger partial charge on any atom is -0.478 e. The van der Waals surface area contributed by atoms with Crippen LogP contribution in [0.4, 0.5) is 25.0 Å². The lowest BCUT2D eigenvalue weighted by Crippen LogP contribution is -2.49. The van der Waals surface area contributed by atoms with E-state index in [2.05, 4.69) is 14.9 Å². The summed E-state index contributed by atoms with van der Waals surface area (Å²) in [5.41, 5.74) is 0.447. The standard InChI is InChI=1S/C31H36F2N4O6S/c1-3-4-15-37(31(40)34-29-18-26(30(38)39)27(32)19-28(29)33)23-13-16-36(17-14-23)20-21-5-9-24(10-6-21)43-25-11-7-22(8-12-25)35-44(2,41)42/h5-12,18-19,23,35H,3-4,13-17,20H2,1-2H3,(H,34,40)(H,38,39). The minimum atomic E-state index is -3.35. The van der Waals surface area contributed by atoms with Gasteiger partial charge in [0.1, 0.15) is 23.1 Å². The maximum Gasteiger partial charge on any atom is 0.338 e. The van der Waals surface area contributed by atoms with Gasteiger partial charge in [-0.2, -0.15) is 0 Å². The van der Waals surface area contributed by atoms with Gasteiger partial charge in [-0.25, -0.2) is 26.8 Å². The van der Waals surface area contributed by atoms with Gasteiger partial charge in [-0.05, 0) is 67.3 Å². The number of ether oxygens (including phenoxy) is 1. The van der Waals surface area contributed by atoms with Crippen LogP contribution in [0.5, 0.6) is 11.5 Å². The molecule has 4 rings (SSSR count). The molecular weight excluding hydrogens is 594 g/mol. The molecule has 10 nitrogen and oxygen atoms in total. The first-order valence-electron chi connectivity index (χ1n) is 14.3. The van der Waals surface area contributed by atoms with Gasteiger partial charge in [-0.15, -0.1) is 0 Å². The van der Waals surface area contributed by atoms with E-state index in [1.165, 1.54) is 0 Å². The van der Waals surface area contributed by atoms with Crippen LogP contribution in [0, 0.1) is 11.6 Å². The van der Waals surface area contributed by atoms with E-state index < -0.39 is 39.2 Å². The summed E-state index contributed by atoms with van der Waals surface area (Å²) in [5.74, 6) is -2.59. The van der Waals surface area contributed by atoms with Crippen LogP contribution >= 0.6 is 0 Å². The monoisotopic (exact) mass is 630 g/mol. The number of hydrogen-bond donors (Lipinski definition) is 3. The predicted octanol–water partition coefficient (Wildman–Crippen LogP) is 6.13. The van der Waals surface area contributed by atoms with Crippen LogP contribution in [0.25, 0.3) is 0 Å². The Labute approximate surface area is 255 Å². The van der Waals surface area contributed by atoms with E-state index >= 15 is 0 Å². The third-order valence-electron chi connectivity index (χ3n) is 7.26. The summed E-state index contributed by atoms with van der Waals surface area (Å²) in [6.45, 7) is 4.64. The van der Waals surface area contributed by atoms with Crippen LogP contribution in [-0.4, -0.2) is 67.3 Å². The Hall–Kier alpha value is -4.23. The van der Waals surface area contributed by atoms with Crippen molar-refractivity contribution >= 4 is 33.4 Å². The second kappa shape index (κ2) is 14.5. The molecule has 0 bridgehead atoms. The van der Waals surface area contributed by atoms with Crippen LogP contribution in [-0.2, 0) is 16.6 Å². The Morgan fingerprint density at radius 3 is 2.18 bits per heavy atom. The number of sulfonamides is 1. The normalized spacial score (nSPS) is 14.2. The van der Waals surface area contributed by atoms with Crippen molar-refractivity contribution in [3.63, 3.8) is 0 Å². The summed E-state index contributed by atoms with van der Waals surface area (Å²) in [4.78, 5) is 28.4. The summed E-state index contributed by atoms with van der Waals surface area (Å²) in [6.07, 6.45) is 4.09. The van der Waals surface area contributed by atoms with Crippen LogP contribution in [0.3, 0.4) is 0 Å². The minimum absolute atomic E-state index is 0.0879. The van der Waals surface area contributed by atoms with Gasteiger partial charge in [0.25, 0.3) is 0 Å². The zero-order valence-electron chi connectivity index (χ0n) is 24.6. The highest BCUT2D eigenvalue weighted by molar-refractivity contribution is 7.92. The van der Waals surface area contributed by atoms with E-state index in [-0.39, 0.29) is 11.7 Å². The van der Waals surface area contributed by atoms with Gasteiger partial charge in [0, 0.05) is 44.0 Å². The quantitative estimate of drug-likeness (QED) is 0.220. The Kier molecular flexibility index (Phi) is 10.8. The first-order chi connectivity index (χ1) is 20.9. The maximum atomic E-state index is 14.4. The van der Waals surface area contributed by atoms with Gasteiger partial charge in [-0.3, -0.25) is 9.62 Å². The summed E-state index contributed by atoms with van der Waals surface area (Å²) in [6, 6.07) is 14.9. The molecule has 0 aliphatic carbocycles. The van der Waals surface area contributed by atoms with Gasteiger partial charge in [0.15, 0.2) is 0 Å². The molecule has 13 heteroatoms. The highest BCUT2D eigenvalue weighted by Crippen LogP contribution is 2.26. The van der Waals surface area contributed by atoms with E-state index in [1.807, 2.05) is 31.2 Å². The van der Waals surface area contributed by atoms with Gasteiger partial charge < -0.3 is 20.1 Å². The van der Waals surface area contributed by atoms with Crippen molar-refractivity contribution in [2.75, 3.05) is 35.9 Å². The number of nitrogens with zero attached hydrogens (tertiary/aromatic N) is 2. The lowest BCUT2D eigenvalue weighted by molar-refractivity contribution is 0.0691. The SMILES string of the molecule is CCCCN(C(=O)Nc1cc(C(=O)O)c(F)cc1F)C1CCN(Cc2ccc(Oc3ccc(NS(C)(=O)=O)cc3)cc2)CC1. The van der Waals surface area contributed by atoms with Crippen LogP contribution in [0.15, 0.2) is 60.7 Å². The molecule has 0 aromatic heterocycles. The third kappa shape index (κ3) is 9.13. The Balaban J connectivity index is 1.31. The molecule has 3 aromatic rings. The predicted molar refractivity (Wildman–Crippen MR) is 164 cm³/mol. The molecule has 3 aromatic carbocycles. The number of piperidine rings is 1. The van der Waals surface area contributed by atoms with E-state index in [4.69, 9.17) is 4.74 Å². The number of carbonyl (C=O) groups is 2. The van der Waals surface area contributed by atoms with Gasteiger partial charge >= 0.3 is 12.0 Å². The number of urea groups is 1. The van der Waals surface area contributed by atoms with E-state index in [0.717, 1.165) is 43.8 Å². The van der Waals surface area contributed by atoms with Crippen molar-refractivity contribution in [3.05, 3.63) is 83.4 Å². The molecule has 1 heterocycles. The van der Waals surface area contributed by atoms with Gasteiger partial charge in [-0.1, -0.05) is 25.5 Å². The van der Waals surface area contributed by atoms with Crippen molar-refractivity contribution < 1.29 is 36.6 Å². The van der Waals surface area contributed by atoms with Crippen LogP contribution in [0.2, 0.25) is 0 Å². The van der Waals surface area contributed by atoms with Crippen molar-refractivity contribution in [3.8, 4) is 11.5 Å². The highest BCUT2D eigenvalue weighted by Gasteiger charge is 2.28. The van der Waals surface area contributed by atoms with E-state index in [0.29, 0.717) is 49.2 Å². The number of carboxylic acids is 1. The zero-order chi connectivity index (χ0) is 31.9. The Bertz CT molecular complexity index is 1560. The van der Waals surface area contributed by atoms with Crippen molar-refractivity contribution in [1.82, 2.24) is 9.80 Å². The van der Waals surface area contributed by atoms with E-state index in [1.54, 1.807) is 29.2 Å². The third-order valence-corrected chi connectivity index (χ3v) is 7.87. The number of aromatic carboxylic acids is 1. The number of amides is 2. The number of nitrogens with one attached hydrogen (secondary N) is 2. The molecule has 1 aliphatic rings. The Morgan fingerprint density at radius 2 is 1.61 bits per heavy atom. The molecule has 2 amide bonds. The molecule has 1 fully saturated rings. The molecule has 1 aliphatic heterocycles. The van der Waals surface area contributed by atoms with Crippen LogP contribution < -0.4 is 14.8 Å². The van der Waals surface area contributed by atoms with Crippen LogP contribution in [0.1, 0.15) is 48.5 Å². The second-order valence-corrected chi connectivity index (χ2v) is 12.5. The molecule has 0 saturated carbocycles. The summed E-state index contributed by atoms with van der Waals surface area (Å²) < 4.78 is 59.2. The molecular formula is C31H36F2N4O6S. The molecule has 44 heavy (non-hydrogen) atoms. The molecule has 0 atom stereocenters. The first kappa shape index (κ1) is 32.7. The fraction of sp³-hybridized carbons (Fsp3) is 0.355. The maximum absolute atomic E-state index is 14.4. The fourth-order valence-electron chi connectivity index (χ4n) is 5.03. The van der Waals surface area contributed by atoms with E-state index in [9.17, 15) is 31.9 Å². The smallest absolute Gasteiger partial charge is 0.338 e. The van der Waals surface area contributed by atoms with Crippen molar-refractivity contribution in [2.24, 2.45) is 0 Å². The molecule has 0 radical (unpaired) electrons. The highest BCUT2D eigenvalue weighted by atomic mass is 32.2.